The van der Waals surface area contributed by atoms with Gasteiger partial charge in [-0.1, -0.05) is 12.1 Å². The molecule has 3 aromatic rings. The van der Waals surface area contributed by atoms with E-state index in [1.54, 1.807) is 0 Å². The van der Waals surface area contributed by atoms with E-state index in [4.69, 9.17) is 15.7 Å². The van der Waals surface area contributed by atoms with Crippen molar-refractivity contribution in [3.63, 3.8) is 0 Å². The smallest absolute Gasteiger partial charge is 0.137 e. The predicted molar refractivity (Wildman–Crippen MR) is 112 cm³/mol. The molecule has 0 saturated carbocycles. The van der Waals surface area contributed by atoms with Gasteiger partial charge in [-0.15, -0.1) is 0 Å². The van der Waals surface area contributed by atoms with Crippen LogP contribution >= 0.6 is 0 Å². The monoisotopic (exact) mass is 378 g/mol. The fourth-order valence-corrected chi connectivity index (χ4v) is 4.20. The van der Waals surface area contributed by atoms with E-state index in [1.165, 1.54) is 23.4 Å². The second kappa shape index (κ2) is 8.82. The van der Waals surface area contributed by atoms with Gasteiger partial charge in [-0.25, -0.2) is 4.98 Å². The van der Waals surface area contributed by atoms with Gasteiger partial charge >= 0.3 is 0 Å². The molecule has 3 aromatic heterocycles. The van der Waals surface area contributed by atoms with Crippen LogP contribution in [0.4, 0.5) is 0 Å². The fourth-order valence-electron chi connectivity index (χ4n) is 4.20. The molecule has 0 aromatic carbocycles. The Hall–Kier alpha value is -2.28. The second-order valence-corrected chi connectivity index (χ2v) is 7.62. The Bertz CT molecular complexity index is 918. The summed E-state index contributed by atoms with van der Waals surface area (Å²) in [4.78, 5) is 12.1. The maximum absolute atomic E-state index is 5.63. The first-order valence-corrected chi connectivity index (χ1v) is 10.3. The minimum Gasteiger partial charge on any atom is -0.330 e. The maximum atomic E-state index is 5.63. The summed E-state index contributed by atoms with van der Waals surface area (Å²) in [5.74, 6) is 0. The molecular weight excluding hydrogens is 348 g/mol. The van der Waals surface area contributed by atoms with Crippen LogP contribution in [0.1, 0.15) is 47.9 Å². The van der Waals surface area contributed by atoms with Crippen LogP contribution in [0.5, 0.6) is 0 Å². The van der Waals surface area contributed by atoms with Gasteiger partial charge in [0, 0.05) is 25.5 Å². The number of fused-ring (bicyclic) bond motifs is 2. The van der Waals surface area contributed by atoms with E-state index < -0.39 is 0 Å². The first-order valence-electron chi connectivity index (χ1n) is 10.3. The lowest BCUT2D eigenvalue weighted by molar-refractivity contribution is 0.206. The molecule has 1 atom stereocenters. The highest BCUT2D eigenvalue weighted by molar-refractivity contribution is 5.43. The van der Waals surface area contributed by atoms with E-state index in [0.717, 1.165) is 50.2 Å². The molecule has 1 aliphatic carbocycles. The van der Waals surface area contributed by atoms with Crippen molar-refractivity contribution >= 4 is 5.65 Å². The summed E-state index contributed by atoms with van der Waals surface area (Å²) in [6.07, 6.45) is 8.50. The van der Waals surface area contributed by atoms with Crippen molar-refractivity contribution in [2.24, 2.45) is 5.73 Å². The third-order valence-electron chi connectivity index (χ3n) is 5.66. The van der Waals surface area contributed by atoms with E-state index in [2.05, 4.69) is 52.1 Å². The SMILES string of the molecule is CN(Cc1nc2ccccn2c1CNCCCN)[C@H]1CCCc2cccnc21. The van der Waals surface area contributed by atoms with Crippen LogP contribution in [0.15, 0.2) is 42.7 Å². The highest BCUT2D eigenvalue weighted by Crippen LogP contribution is 2.33. The molecule has 0 amide bonds. The van der Waals surface area contributed by atoms with Gasteiger partial charge in [-0.05, 0) is 69.6 Å². The summed E-state index contributed by atoms with van der Waals surface area (Å²) < 4.78 is 2.20. The number of hydrogen-bond acceptors (Lipinski definition) is 5. The van der Waals surface area contributed by atoms with Crippen LogP contribution in [-0.4, -0.2) is 39.4 Å². The summed E-state index contributed by atoms with van der Waals surface area (Å²) in [7, 11) is 2.20. The van der Waals surface area contributed by atoms with Crippen LogP contribution in [0.25, 0.3) is 5.65 Å². The molecule has 0 fully saturated rings. The van der Waals surface area contributed by atoms with Gasteiger partial charge in [-0.2, -0.15) is 0 Å². The number of pyridine rings is 2. The number of imidazole rings is 1. The zero-order chi connectivity index (χ0) is 19.3. The number of nitrogens with two attached hydrogens (primary N) is 1. The summed E-state index contributed by atoms with van der Waals surface area (Å²) >= 11 is 0. The Morgan fingerprint density at radius 2 is 2.21 bits per heavy atom. The normalized spacial score (nSPS) is 16.6. The van der Waals surface area contributed by atoms with Gasteiger partial charge in [0.25, 0.3) is 0 Å². The third-order valence-corrected chi connectivity index (χ3v) is 5.66. The predicted octanol–water partition coefficient (Wildman–Crippen LogP) is 2.68. The molecule has 0 aliphatic heterocycles. The molecule has 0 bridgehead atoms. The highest BCUT2D eigenvalue weighted by Gasteiger charge is 2.26. The fraction of sp³-hybridized carbons (Fsp3) is 0.455. The number of aromatic nitrogens is 3. The minimum atomic E-state index is 0.354. The van der Waals surface area contributed by atoms with Crippen molar-refractivity contribution in [1.82, 2.24) is 24.6 Å². The van der Waals surface area contributed by atoms with Crippen molar-refractivity contribution in [3.05, 3.63) is 65.4 Å². The van der Waals surface area contributed by atoms with Crippen molar-refractivity contribution < 1.29 is 0 Å². The molecule has 0 unspecified atom stereocenters. The van der Waals surface area contributed by atoms with Crippen molar-refractivity contribution in [1.29, 1.82) is 0 Å². The Morgan fingerprint density at radius 1 is 1.29 bits per heavy atom. The van der Waals surface area contributed by atoms with Crippen LogP contribution < -0.4 is 11.1 Å². The maximum Gasteiger partial charge on any atom is 0.137 e. The van der Waals surface area contributed by atoms with Crippen molar-refractivity contribution in [2.75, 3.05) is 20.1 Å². The van der Waals surface area contributed by atoms with Gasteiger partial charge in [0.1, 0.15) is 5.65 Å². The summed E-state index contributed by atoms with van der Waals surface area (Å²) in [6.45, 7) is 3.25. The lowest BCUT2D eigenvalue weighted by Gasteiger charge is -2.32. The zero-order valence-electron chi connectivity index (χ0n) is 16.6. The van der Waals surface area contributed by atoms with Gasteiger partial charge < -0.3 is 15.5 Å². The molecule has 4 rings (SSSR count). The second-order valence-electron chi connectivity index (χ2n) is 7.62. The van der Waals surface area contributed by atoms with Gasteiger partial charge in [0.15, 0.2) is 0 Å². The molecule has 0 saturated heterocycles. The van der Waals surface area contributed by atoms with Gasteiger partial charge in [0.2, 0.25) is 0 Å². The standard InChI is InChI=1S/C22H30N6/c1-27(19-9-4-7-17-8-5-13-25-22(17)19)16-18-20(15-24-12-6-11-23)28-14-3-2-10-21(28)26-18/h2-3,5,8,10,13-14,19,24H,4,6-7,9,11-12,15-16,23H2,1H3/t19-/m0/s1. The topological polar surface area (TPSA) is 71.5 Å². The van der Waals surface area contributed by atoms with Crippen LogP contribution in [-0.2, 0) is 19.5 Å². The molecule has 1 aliphatic rings. The Kier molecular flexibility index (Phi) is 6.00. The molecule has 3 N–H and O–H groups in total. The number of nitrogens with one attached hydrogen (secondary N) is 1. The summed E-state index contributed by atoms with van der Waals surface area (Å²) in [5, 5.41) is 3.52. The molecule has 148 valence electrons. The number of hydrogen-bond donors (Lipinski definition) is 2. The molecular formula is C22H30N6. The van der Waals surface area contributed by atoms with Crippen LogP contribution in [0, 0.1) is 0 Å². The molecule has 6 heteroatoms. The quantitative estimate of drug-likeness (QED) is 0.590. The Morgan fingerprint density at radius 3 is 3.11 bits per heavy atom. The van der Waals surface area contributed by atoms with Gasteiger partial charge in [-0.3, -0.25) is 9.88 Å². The van der Waals surface area contributed by atoms with E-state index in [-0.39, 0.29) is 0 Å². The van der Waals surface area contributed by atoms with E-state index >= 15 is 0 Å². The first kappa shape index (κ1) is 19.1. The lowest BCUT2D eigenvalue weighted by atomic mass is 9.91. The molecule has 28 heavy (non-hydrogen) atoms. The average Bonchev–Trinajstić information content (AvgIpc) is 3.07. The van der Waals surface area contributed by atoms with Crippen molar-refractivity contribution in [2.45, 2.75) is 44.8 Å². The third kappa shape index (κ3) is 3.94. The zero-order valence-corrected chi connectivity index (χ0v) is 16.6. The average molecular weight is 379 g/mol. The highest BCUT2D eigenvalue weighted by atomic mass is 15.2. The molecule has 0 spiro atoms. The number of rotatable bonds is 8. The summed E-state index contributed by atoms with van der Waals surface area (Å²) in [6, 6.07) is 10.8. The number of aryl methyl sites for hydroxylation is 1. The van der Waals surface area contributed by atoms with Crippen LogP contribution in [0.2, 0.25) is 0 Å². The Labute approximate surface area is 166 Å². The first-order chi connectivity index (χ1) is 13.8. The number of nitrogens with zero attached hydrogens (tertiary/aromatic N) is 4. The molecule has 3 heterocycles. The van der Waals surface area contributed by atoms with Crippen LogP contribution in [0.3, 0.4) is 0 Å². The Balaban J connectivity index is 1.57. The van der Waals surface area contributed by atoms with E-state index in [0.29, 0.717) is 12.6 Å². The lowest BCUT2D eigenvalue weighted by Crippen LogP contribution is -2.29. The minimum absolute atomic E-state index is 0.354. The largest absolute Gasteiger partial charge is 0.330 e. The molecule has 0 radical (unpaired) electrons. The van der Waals surface area contributed by atoms with Crippen molar-refractivity contribution in [3.8, 4) is 0 Å². The molecule has 6 nitrogen and oxygen atoms in total. The summed E-state index contributed by atoms with van der Waals surface area (Å²) in [5.41, 5.74) is 11.6. The van der Waals surface area contributed by atoms with E-state index in [1.807, 2.05) is 12.3 Å². The van der Waals surface area contributed by atoms with Gasteiger partial charge in [0.05, 0.1) is 23.1 Å². The van der Waals surface area contributed by atoms with E-state index in [9.17, 15) is 0 Å².